The Balaban J connectivity index is 1.63. The van der Waals surface area contributed by atoms with Crippen molar-refractivity contribution in [2.45, 2.75) is 36.8 Å². The van der Waals surface area contributed by atoms with Crippen molar-refractivity contribution in [2.24, 2.45) is 0 Å². The number of hydrogen-bond acceptors (Lipinski definition) is 6. The van der Waals surface area contributed by atoms with Crippen LogP contribution in [-0.2, 0) is 21.1 Å². The van der Waals surface area contributed by atoms with Crippen LogP contribution in [-0.4, -0.2) is 29.8 Å². The van der Waals surface area contributed by atoms with Crippen LogP contribution in [0.15, 0.2) is 63.9 Å². The lowest BCUT2D eigenvalue weighted by Gasteiger charge is -2.07. The standard InChI is InChI=1S/C20H21N3O4S/c1-14(2)28(25,26)17-11-9-16(10-12-17)19-22-23-20(27-19)21-18(24)13-8-15-6-4-3-5-7-15/h3-7,9-12,14H,8,13H2,1-2H3,(H,21,23,24). The summed E-state index contributed by atoms with van der Waals surface area (Å²) in [5, 5.41) is 9.80. The van der Waals surface area contributed by atoms with Gasteiger partial charge >= 0.3 is 6.01 Å². The molecule has 0 radical (unpaired) electrons. The smallest absolute Gasteiger partial charge is 0.322 e. The van der Waals surface area contributed by atoms with E-state index in [1.807, 2.05) is 30.3 Å². The summed E-state index contributed by atoms with van der Waals surface area (Å²) >= 11 is 0. The number of carbonyl (C=O) groups excluding carboxylic acids is 1. The van der Waals surface area contributed by atoms with Gasteiger partial charge < -0.3 is 4.42 Å². The molecule has 1 N–H and O–H groups in total. The van der Waals surface area contributed by atoms with Crippen LogP contribution in [0, 0.1) is 0 Å². The zero-order valence-corrected chi connectivity index (χ0v) is 16.4. The fourth-order valence-corrected chi connectivity index (χ4v) is 3.59. The molecule has 0 saturated heterocycles. The van der Waals surface area contributed by atoms with Crippen LogP contribution in [0.3, 0.4) is 0 Å². The summed E-state index contributed by atoms with van der Waals surface area (Å²) in [4.78, 5) is 12.3. The molecule has 3 aromatic rings. The summed E-state index contributed by atoms with van der Waals surface area (Å²) in [7, 11) is -3.34. The lowest BCUT2D eigenvalue weighted by molar-refractivity contribution is -0.116. The zero-order chi connectivity index (χ0) is 20.1. The third-order valence-corrected chi connectivity index (χ3v) is 6.38. The normalized spacial score (nSPS) is 11.5. The van der Waals surface area contributed by atoms with Crippen molar-refractivity contribution in [1.29, 1.82) is 0 Å². The quantitative estimate of drug-likeness (QED) is 0.652. The van der Waals surface area contributed by atoms with Gasteiger partial charge in [-0.15, -0.1) is 5.10 Å². The van der Waals surface area contributed by atoms with E-state index >= 15 is 0 Å². The number of benzene rings is 2. The molecule has 0 unspecified atom stereocenters. The molecule has 0 saturated carbocycles. The fourth-order valence-electron chi connectivity index (χ4n) is 2.53. The maximum atomic E-state index is 12.2. The Kier molecular flexibility index (Phi) is 5.89. The van der Waals surface area contributed by atoms with Gasteiger partial charge in [-0.3, -0.25) is 10.1 Å². The maximum absolute atomic E-state index is 12.2. The highest BCUT2D eigenvalue weighted by Gasteiger charge is 2.19. The van der Waals surface area contributed by atoms with Crippen LogP contribution in [0.25, 0.3) is 11.5 Å². The van der Waals surface area contributed by atoms with Crippen LogP contribution in [0.4, 0.5) is 6.01 Å². The molecule has 1 amide bonds. The Labute approximate surface area is 163 Å². The van der Waals surface area contributed by atoms with Crippen LogP contribution in [0.1, 0.15) is 25.8 Å². The Morgan fingerprint density at radius 1 is 1.04 bits per heavy atom. The first-order valence-corrected chi connectivity index (χ1v) is 10.4. The summed E-state index contributed by atoms with van der Waals surface area (Å²) in [6.07, 6.45) is 0.906. The highest BCUT2D eigenvalue weighted by Crippen LogP contribution is 2.23. The first kappa shape index (κ1) is 19.8. The van der Waals surface area contributed by atoms with Gasteiger partial charge in [0.25, 0.3) is 0 Å². The topological polar surface area (TPSA) is 102 Å². The molecule has 8 heteroatoms. The molecule has 0 atom stereocenters. The van der Waals surface area contributed by atoms with Gasteiger partial charge in [-0.1, -0.05) is 35.4 Å². The molecule has 0 aliphatic heterocycles. The van der Waals surface area contributed by atoms with Gasteiger partial charge in [0.05, 0.1) is 10.1 Å². The Morgan fingerprint density at radius 3 is 2.36 bits per heavy atom. The van der Waals surface area contributed by atoms with Gasteiger partial charge in [0.2, 0.25) is 11.8 Å². The lowest BCUT2D eigenvalue weighted by Crippen LogP contribution is -2.13. The molecule has 146 valence electrons. The molecule has 0 aliphatic carbocycles. The number of nitrogens with one attached hydrogen (secondary N) is 1. The van der Waals surface area contributed by atoms with Crippen molar-refractivity contribution >= 4 is 21.8 Å². The van der Waals surface area contributed by atoms with E-state index in [4.69, 9.17) is 4.42 Å². The molecule has 1 heterocycles. The molecule has 2 aromatic carbocycles. The molecule has 7 nitrogen and oxygen atoms in total. The van der Waals surface area contributed by atoms with Gasteiger partial charge in [-0.2, -0.15) is 0 Å². The number of aromatic nitrogens is 2. The predicted molar refractivity (Wildman–Crippen MR) is 105 cm³/mol. The van der Waals surface area contributed by atoms with Gasteiger partial charge in [0, 0.05) is 12.0 Å². The predicted octanol–water partition coefficient (Wildman–Crippen LogP) is 3.49. The zero-order valence-electron chi connectivity index (χ0n) is 15.6. The van der Waals surface area contributed by atoms with E-state index in [0.717, 1.165) is 5.56 Å². The second kappa shape index (κ2) is 8.35. The number of hydrogen-bond donors (Lipinski definition) is 1. The number of amides is 1. The monoisotopic (exact) mass is 399 g/mol. The van der Waals surface area contributed by atoms with Crippen molar-refractivity contribution in [3.05, 3.63) is 60.2 Å². The van der Waals surface area contributed by atoms with E-state index in [9.17, 15) is 13.2 Å². The molecule has 0 bridgehead atoms. The molecule has 3 rings (SSSR count). The van der Waals surface area contributed by atoms with Crippen LogP contribution in [0.2, 0.25) is 0 Å². The fraction of sp³-hybridized carbons (Fsp3) is 0.250. The van der Waals surface area contributed by atoms with E-state index in [1.54, 1.807) is 26.0 Å². The lowest BCUT2D eigenvalue weighted by atomic mass is 10.1. The molecule has 28 heavy (non-hydrogen) atoms. The molecule has 0 aliphatic rings. The van der Waals surface area contributed by atoms with Crippen molar-refractivity contribution in [2.75, 3.05) is 5.32 Å². The first-order chi connectivity index (χ1) is 13.4. The highest BCUT2D eigenvalue weighted by molar-refractivity contribution is 7.92. The van der Waals surface area contributed by atoms with Crippen molar-refractivity contribution in [3.8, 4) is 11.5 Å². The second-order valence-electron chi connectivity index (χ2n) is 6.56. The Hall–Kier alpha value is -3.00. The number of rotatable bonds is 7. The van der Waals surface area contributed by atoms with Gasteiger partial charge in [-0.05, 0) is 50.1 Å². The minimum Gasteiger partial charge on any atom is -0.403 e. The summed E-state index contributed by atoms with van der Waals surface area (Å²) in [5.41, 5.74) is 1.64. The summed E-state index contributed by atoms with van der Waals surface area (Å²) < 4.78 is 29.8. The van der Waals surface area contributed by atoms with Gasteiger partial charge in [0.15, 0.2) is 9.84 Å². The van der Waals surface area contributed by atoms with E-state index in [2.05, 4.69) is 15.5 Å². The number of carbonyl (C=O) groups is 1. The average Bonchev–Trinajstić information content (AvgIpc) is 3.15. The summed E-state index contributed by atoms with van der Waals surface area (Å²) in [6, 6.07) is 15.9. The van der Waals surface area contributed by atoms with E-state index in [0.29, 0.717) is 18.4 Å². The molecular weight excluding hydrogens is 378 g/mol. The minimum absolute atomic E-state index is 0.00643. The molecule has 0 fully saturated rings. The molecular formula is C20H21N3O4S. The van der Waals surface area contributed by atoms with E-state index < -0.39 is 15.1 Å². The molecule has 0 spiro atoms. The van der Waals surface area contributed by atoms with Crippen molar-refractivity contribution in [3.63, 3.8) is 0 Å². The minimum atomic E-state index is -3.34. The van der Waals surface area contributed by atoms with Crippen molar-refractivity contribution in [1.82, 2.24) is 10.2 Å². The Bertz CT molecular complexity index is 1040. The number of anilines is 1. The largest absolute Gasteiger partial charge is 0.403 e. The number of nitrogens with zero attached hydrogens (tertiary/aromatic N) is 2. The first-order valence-electron chi connectivity index (χ1n) is 8.88. The number of aryl methyl sites for hydroxylation is 1. The SMILES string of the molecule is CC(C)S(=O)(=O)c1ccc(-c2nnc(NC(=O)CCc3ccccc3)o2)cc1. The van der Waals surface area contributed by atoms with Crippen LogP contribution < -0.4 is 5.32 Å². The highest BCUT2D eigenvalue weighted by atomic mass is 32.2. The molecule has 1 aromatic heterocycles. The average molecular weight is 399 g/mol. The van der Waals surface area contributed by atoms with Crippen LogP contribution >= 0.6 is 0 Å². The Morgan fingerprint density at radius 2 is 1.71 bits per heavy atom. The third-order valence-electron chi connectivity index (χ3n) is 4.21. The van der Waals surface area contributed by atoms with Crippen molar-refractivity contribution < 1.29 is 17.6 Å². The summed E-state index contributed by atoms with van der Waals surface area (Å²) in [6.45, 7) is 3.27. The van der Waals surface area contributed by atoms with Gasteiger partial charge in [0.1, 0.15) is 0 Å². The van der Waals surface area contributed by atoms with E-state index in [-0.39, 0.29) is 22.7 Å². The number of sulfone groups is 1. The third kappa shape index (κ3) is 4.64. The van der Waals surface area contributed by atoms with Crippen LogP contribution in [0.5, 0.6) is 0 Å². The summed E-state index contributed by atoms with van der Waals surface area (Å²) in [5.74, 6) is -0.0238. The second-order valence-corrected chi connectivity index (χ2v) is 9.07. The van der Waals surface area contributed by atoms with E-state index in [1.165, 1.54) is 12.1 Å². The maximum Gasteiger partial charge on any atom is 0.322 e. The van der Waals surface area contributed by atoms with Gasteiger partial charge in [-0.25, -0.2) is 8.42 Å².